The Morgan fingerprint density at radius 2 is 2.11 bits per heavy atom. The van der Waals surface area contributed by atoms with Crippen molar-refractivity contribution in [1.82, 2.24) is 25.4 Å². The summed E-state index contributed by atoms with van der Waals surface area (Å²) in [6.07, 6.45) is 3.69. The molecule has 7 nitrogen and oxygen atoms in total. The molecule has 0 saturated heterocycles. The highest BCUT2D eigenvalue weighted by atomic mass is 16.5. The molecule has 0 bridgehead atoms. The lowest BCUT2D eigenvalue weighted by Crippen LogP contribution is -2.38. The Kier molecular flexibility index (Phi) is 8.78. The zero-order chi connectivity index (χ0) is 20.4. The molecule has 28 heavy (non-hydrogen) atoms. The van der Waals surface area contributed by atoms with E-state index in [1.807, 2.05) is 0 Å². The fourth-order valence-electron chi connectivity index (χ4n) is 2.78. The molecule has 0 amide bonds. The largest absolute Gasteiger partial charge is 0.493 e. The molecule has 0 atom stereocenters. The van der Waals surface area contributed by atoms with Crippen molar-refractivity contribution < 1.29 is 4.74 Å². The third-order valence-corrected chi connectivity index (χ3v) is 4.50. The number of hydrogen-bond acceptors (Lipinski definition) is 4. The molecule has 1 heterocycles. The molecule has 1 aromatic heterocycles. The van der Waals surface area contributed by atoms with Crippen LogP contribution >= 0.6 is 0 Å². The summed E-state index contributed by atoms with van der Waals surface area (Å²) in [7, 11) is 1.78. The van der Waals surface area contributed by atoms with E-state index in [1.54, 1.807) is 13.4 Å². The predicted molar refractivity (Wildman–Crippen MR) is 114 cm³/mol. The van der Waals surface area contributed by atoms with Gasteiger partial charge in [0.05, 0.1) is 6.61 Å². The first-order valence-corrected chi connectivity index (χ1v) is 10.1. The second kappa shape index (κ2) is 11.3. The van der Waals surface area contributed by atoms with Crippen LogP contribution in [0.5, 0.6) is 5.75 Å². The molecule has 0 spiro atoms. The Labute approximate surface area is 168 Å². The summed E-state index contributed by atoms with van der Waals surface area (Å²) in [5.74, 6) is 3.33. The molecule has 2 N–H and O–H groups in total. The topological polar surface area (TPSA) is 76.4 Å². The molecule has 0 aliphatic carbocycles. The van der Waals surface area contributed by atoms with E-state index < -0.39 is 0 Å². The molecular formula is C21H34N6O. The van der Waals surface area contributed by atoms with Gasteiger partial charge in [-0.1, -0.05) is 32.9 Å². The minimum atomic E-state index is 0.633. The van der Waals surface area contributed by atoms with Crippen LogP contribution in [-0.2, 0) is 19.5 Å². The maximum absolute atomic E-state index is 6.03. The van der Waals surface area contributed by atoms with Crippen molar-refractivity contribution >= 4 is 5.96 Å². The third-order valence-electron chi connectivity index (χ3n) is 4.50. The molecule has 7 heteroatoms. The Bertz CT molecular complexity index is 753. The highest BCUT2D eigenvalue weighted by Crippen LogP contribution is 2.21. The first-order chi connectivity index (χ1) is 13.5. The summed E-state index contributed by atoms with van der Waals surface area (Å²) in [6.45, 7) is 11.5. The van der Waals surface area contributed by atoms with Crippen molar-refractivity contribution in [1.29, 1.82) is 0 Å². The molecule has 2 aromatic rings. The van der Waals surface area contributed by atoms with Crippen molar-refractivity contribution in [2.24, 2.45) is 10.9 Å². The van der Waals surface area contributed by atoms with Crippen LogP contribution in [0.15, 0.2) is 29.5 Å². The number of rotatable bonds is 10. The number of guanidine groups is 1. The molecule has 0 saturated carbocycles. The maximum atomic E-state index is 6.03. The number of aryl methyl sites for hydroxylation is 2. The molecule has 154 valence electrons. The number of aliphatic imine (C=N–C) groups is 1. The van der Waals surface area contributed by atoms with Crippen LogP contribution in [-0.4, -0.2) is 40.9 Å². The van der Waals surface area contributed by atoms with E-state index in [-0.39, 0.29) is 0 Å². The quantitative estimate of drug-likeness (QED) is 0.485. The van der Waals surface area contributed by atoms with E-state index >= 15 is 0 Å². The standard InChI is InChI=1S/C21H34N6O/c1-6-20-26-25-15-27(20)11-10-23-21(22-5)24-14-18-8-7-17(4)13-19(18)28-12-9-16(2)3/h7-8,13,15-16H,6,9-12,14H2,1-5H3,(H2,22,23,24). The van der Waals surface area contributed by atoms with Crippen LogP contribution in [0.25, 0.3) is 0 Å². The Morgan fingerprint density at radius 3 is 2.82 bits per heavy atom. The van der Waals surface area contributed by atoms with Gasteiger partial charge in [-0.15, -0.1) is 10.2 Å². The summed E-state index contributed by atoms with van der Waals surface area (Å²) in [5, 5.41) is 14.8. The van der Waals surface area contributed by atoms with Crippen LogP contribution in [0.2, 0.25) is 0 Å². The van der Waals surface area contributed by atoms with Gasteiger partial charge in [-0.2, -0.15) is 0 Å². The van der Waals surface area contributed by atoms with Crippen molar-refractivity contribution in [2.75, 3.05) is 20.2 Å². The van der Waals surface area contributed by atoms with Gasteiger partial charge in [0, 0.05) is 38.7 Å². The van der Waals surface area contributed by atoms with E-state index in [1.165, 1.54) is 5.56 Å². The van der Waals surface area contributed by atoms with Crippen LogP contribution < -0.4 is 15.4 Å². The van der Waals surface area contributed by atoms with Crippen LogP contribution in [0.3, 0.4) is 0 Å². The van der Waals surface area contributed by atoms with Gasteiger partial charge in [0.25, 0.3) is 0 Å². The lowest BCUT2D eigenvalue weighted by atomic mass is 10.1. The summed E-state index contributed by atoms with van der Waals surface area (Å²) >= 11 is 0. The summed E-state index contributed by atoms with van der Waals surface area (Å²) in [5.41, 5.74) is 2.33. The zero-order valence-electron chi connectivity index (χ0n) is 17.8. The second-order valence-electron chi connectivity index (χ2n) is 7.29. The highest BCUT2D eigenvalue weighted by Gasteiger charge is 2.07. The van der Waals surface area contributed by atoms with Crippen molar-refractivity contribution in [3.8, 4) is 5.75 Å². The fraction of sp³-hybridized carbons (Fsp3) is 0.571. The van der Waals surface area contributed by atoms with Crippen molar-refractivity contribution in [3.05, 3.63) is 41.5 Å². The van der Waals surface area contributed by atoms with Gasteiger partial charge in [0.1, 0.15) is 17.9 Å². The van der Waals surface area contributed by atoms with Gasteiger partial charge in [-0.05, 0) is 30.9 Å². The molecule has 2 rings (SSSR count). The summed E-state index contributed by atoms with van der Waals surface area (Å²) in [4.78, 5) is 4.31. The Morgan fingerprint density at radius 1 is 1.29 bits per heavy atom. The van der Waals surface area contributed by atoms with Gasteiger partial charge in [0.15, 0.2) is 5.96 Å². The number of benzene rings is 1. The smallest absolute Gasteiger partial charge is 0.191 e. The van der Waals surface area contributed by atoms with Gasteiger partial charge in [-0.3, -0.25) is 4.99 Å². The minimum Gasteiger partial charge on any atom is -0.493 e. The number of hydrogen-bond donors (Lipinski definition) is 2. The summed E-state index contributed by atoms with van der Waals surface area (Å²) in [6, 6.07) is 6.33. The monoisotopic (exact) mass is 386 g/mol. The second-order valence-corrected chi connectivity index (χ2v) is 7.29. The maximum Gasteiger partial charge on any atom is 0.191 e. The minimum absolute atomic E-state index is 0.633. The first-order valence-electron chi connectivity index (χ1n) is 10.1. The Balaban J connectivity index is 1.86. The van der Waals surface area contributed by atoms with E-state index in [0.717, 1.165) is 55.6 Å². The lowest BCUT2D eigenvalue weighted by molar-refractivity contribution is 0.286. The van der Waals surface area contributed by atoms with E-state index in [0.29, 0.717) is 12.5 Å². The van der Waals surface area contributed by atoms with Gasteiger partial charge >= 0.3 is 0 Å². The first kappa shape index (κ1) is 21.7. The van der Waals surface area contributed by atoms with Crippen molar-refractivity contribution in [2.45, 2.75) is 53.6 Å². The van der Waals surface area contributed by atoms with Crippen molar-refractivity contribution in [3.63, 3.8) is 0 Å². The van der Waals surface area contributed by atoms with Crippen LogP contribution in [0.1, 0.15) is 44.1 Å². The summed E-state index contributed by atoms with van der Waals surface area (Å²) < 4.78 is 8.09. The molecule has 0 unspecified atom stereocenters. The number of nitrogens with zero attached hydrogens (tertiary/aromatic N) is 4. The van der Waals surface area contributed by atoms with E-state index in [9.17, 15) is 0 Å². The number of aromatic nitrogens is 3. The number of ether oxygens (including phenoxy) is 1. The molecule has 0 aliphatic heterocycles. The van der Waals surface area contributed by atoms with E-state index in [2.05, 4.69) is 76.3 Å². The third kappa shape index (κ3) is 6.87. The number of nitrogens with one attached hydrogen (secondary N) is 2. The molecule has 0 fully saturated rings. The Hall–Kier alpha value is -2.57. The molecule has 0 aliphatic rings. The highest BCUT2D eigenvalue weighted by molar-refractivity contribution is 5.79. The van der Waals surface area contributed by atoms with E-state index in [4.69, 9.17) is 4.74 Å². The van der Waals surface area contributed by atoms with Crippen LogP contribution in [0.4, 0.5) is 0 Å². The van der Waals surface area contributed by atoms with Gasteiger partial charge in [0.2, 0.25) is 0 Å². The predicted octanol–water partition coefficient (Wildman–Crippen LogP) is 2.94. The SMILES string of the molecule is CCc1nncn1CCNC(=NC)NCc1ccc(C)cc1OCCC(C)C. The average molecular weight is 387 g/mol. The molecular weight excluding hydrogens is 352 g/mol. The zero-order valence-corrected chi connectivity index (χ0v) is 17.8. The molecule has 0 radical (unpaired) electrons. The van der Waals surface area contributed by atoms with Crippen LogP contribution in [0, 0.1) is 12.8 Å². The lowest BCUT2D eigenvalue weighted by Gasteiger charge is -2.16. The average Bonchev–Trinajstić information content (AvgIpc) is 3.13. The molecule has 1 aromatic carbocycles. The van der Waals surface area contributed by atoms with Gasteiger partial charge in [-0.25, -0.2) is 0 Å². The normalized spacial score (nSPS) is 11.7. The fourth-order valence-corrected chi connectivity index (χ4v) is 2.78. The van der Waals surface area contributed by atoms with Gasteiger partial charge < -0.3 is 19.9 Å².